The van der Waals surface area contributed by atoms with Crippen molar-refractivity contribution in [1.29, 1.82) is 0 Å². The molecular weight excluding hydrogens is 340 g/mol. The van der Waals surface area contributed by atoms with Crippen LogP contribution >= 0.6 is 0 Å². The Bertz CT molecular complexity index is 903. The molecule has 1 fully saturated rings. The summed E-state index contributed by atoms with van der Waals surface area (Å²) in [6, 6.07) is 6.51. The zero-order valence-electron chi connectivity index (χ0n) is 14.3. The van der Waals surface area contributed by atoms with Crippen molar-refractivity contribution in [2.75, 3.05) is 26.2 Å². The quantitative estimate of drug-likeness (QED) is 0.868. The van der Waals surface area contributed by atoms with Gasteiger partial charge in [-0.3, -0.25) is 9.78 Å². The summed E-state index contributed by atoms with van der Waals surface area (Å²) in [6.45, 7) is 4.75. The minimum absolute atomic E-state index is 0.153. The summed E-state index contributed by atoms with van der Waals surface area (Å²) in [4.78, 5) is 18.1. The van der Waals surface area contributed by atoms with E-state index in [4.69, 9.17) is 5.73 Å². The van der Waals surface area contributed by atoms with Gasteiger partial charge < -0.3 is 10.6 Å². The molecule has 25 heavy (non-hydrogen) atoms. The van der Waals surface area contributed by atoms with Crippen molar-refractivity contribution >= 4 is 26.8 Å². The summed E-state index contributed by atoms with van der Waals surface area (Å²) in [7, 11) is -3.67. The molecule has 0 spiro atoms. The third-order valence-electron chi connectivity index (χ3n) is 4.37. The number of hydrogen-bond acceptors (Lipinski definition) is 5. The van der Waals surface area contributed by atoms with E-state index in [2.05, 4.69) is 4.98 Å². The van der Waals surface area contributed by atoms with Gasteiger partial charge in [0.2, 0.25) is 15.9 Å². The summed E-state index contributed by atoms with van der Waals surface area (Å²) >= 11 is 0. The van der Waals surface area contributed by atoms with Gasteiger partial charge in [0.15, 0.2) is 0 Å². The Hall–Kier alpha value is -2.03. The molecular formula is C17H22N4O3S. The minimum Gasteiger partial charge on any atom is -0.339 e. The number of nitrogens with two attached hydrogens (primary N) is 1. The van der Waals surface area contributed by atoms with Gasteiger partial charge in [-0.2, -0.15) is 4.31 Å². The van der Waals surface area contributed by atoms with Crippen LogP contribution in [0.3, 0.4) is 0 Å². The molecule has 2 heterocycles. The van der Waals surface area contributed by atoms with Crippen molar-refractivity contribution in [3.8, 4) is 0 Å². The molecule has 1 saturated heterocycles. The number of pyridine rings is 1. The zero-order valence-corrected chi connectivity index (χ0v) is 15.2. The Morgan fingerprint density at radius 1 is 1.24 bits per heavy atom. The summed E-state index contributed by atoms with van der Waals surface area (Å²) in [5.41, 5.74) is 7.07. The van der Waals surface area contributed by atoms with Gasteiger partial charge in [0, 0.05) is 37.8 Å². The molecule has 0 saturated carbocycles. The summed E-state index contributed by atoms with van der Waals surface area (Å²) in [5.74, 6) is -0.153. The topological polar surface area (TPSA) is 96.6 Å². The number of hydrogen-bond donors (Lipinski definition) is 1. The molecule has 2 N–H and O–H groups in total. The summed E-state index contributed by atoms with van der Waals surface area (Å²) in [6.07, 6.45) is 1.67. The van der Waals surface area contributed by atoms with Gasteiger partial charge in [0.05, 0.1) is 11.6 Å². The number of carbonyl (C=O) groups excluding carboxylic acids is 1. The van der Waals surface area contributed by atoms with Crippen LogP contribution in [0.1, 0.15) is 12.5 Å². The number of piperazine rings is 1. The maximum atomic E-state index is 13.1. The fourth-order valence-corrected chi connectivity index (χ4v) is 4.61. The van der Waals surface area contributed by atoms with E-state index < -0.39 is 16.1 Å². The first-order chi connectivity index (χ1) is 11.8. The number of aryl methyl sites for hydroxylation is 1. The summed E-state index contributed by atoms with van der Waals surface area (Å²) in [5, 5.41) is 0.798. The Balaban J connectivity index is 1.88. The van der Waals surface area contributed by atoms with Gasteiger partial charge in [-0.1, -0.05) is 12.1 Å². The van der Waals surface area contributed by atoms with E-state index in [0.717, 1.165) is 10.9 Å². The van der Waals surface area contributed by atoms with Crippen molar-refractivity contribution in [1.82, 2.24) is 14.2 Å². The van der Waals surface area contributed by atoms with Gasteiger partial charge in [0.1, 0.15) is 4.90 Å². The van der Waals surface area contributed by atoms with Crippen molar-refractivity contribution in [3.05, 3.63) is 36.0 Å². The second-order valence-electron chi connectivity index (χ2n) is 6.36. The predicted molar refractivity (Wildman–Crippen MR) is 95.5 cm³/mol. The molecule has 0 bridgehead atoms. The SMILES string of the molecule is Cc1cnc2c(S(=O)(=O)N3CCN(C(=O)C(C)N)CC3)cccc2c1. The standard InChI is InChI=1S/C17H22N4O3S/c1-12-10-14-4-3-5-15(16(14)19-11-12)25(23,24)21-8-6-20(7-9-21)17(22)13(2)18/h3-5,10-11,13H,6-9,18H2,1-2H3. The molecule has 1 amide bonds. The van der Waals surface area contributed by atoms with Crippen LogP contribution in [-0.4, -0.2) is 60.7 Å². The van der Waals surface area contributed by atoms with E-state index in [-0.39, 0.29) is 23.9 Å². The fraction of sp³-hybridized carbons (Fsp3) is 0.412. The normalized spacial score (nSPS) is 17.6. The van der Waals surface area contributed by atoms with Gasteiger partial charge in [-0.15, -0.1) is 0 Å². The maximum absolute atomic E-state index is 13.1. The van der Waals surface area contributed by atoms with Crippen LogP contribution in [0.2, 0.25) is 0 Å². The van der Waals surface area contributed by atoms with E-state index in [1.54, 1.807) is 30.2 Å². The van der Waals surface area contributed by atoms with Crippen molar-refractivity contribution < 1.29 is 13.2 Å². The highest BCUT2D eigenvalue weighted by Gasteiger charge is 2.32. The lowest BCUT2D eigenvalue weighted by Crippen LogP contribution is -2.53. The fourth-order valence-electron chi connectivity index (χ4n) is 3.03. The second-order valence-corrected chi connectivity index (χ2v) is 8.26. The number of rotatable bonds is 3. The number of fused-ring (bicyclic) bond motifs is 1. The van der Waals surface area contributed by atoms with Crippen LogP contribution < -0.4 is 5.73 Å². The van der Waals surface area contributed by atoms with Crippen LogP contribution in [0.4, 0.5) is 0 Å². The number of para-hydroxylation sites is 1. The lowest BCUT2D eigenvalue weighted by atomic mass is 10.2. The minimum atomic E-state index is -3.67. The van der Waals surface area contributed by atoms with Gasteiger partial charge >= 0.3 is 0 Å². The highest BCUT2D eigenvalue weighted by molar-refractivity contribution is 7.89. The first-order valence-electron chi connectivity index (χ1n) is 8.20. The van der Waals surface area contributed by atoms with Crippen LogP contribution in [0.25, 0.3) is 10.9 Å². The maximum Gasteiger partial charge on any atom is 0.245 e. The largest absolute Gasteiger partial charge is 0.339 e. The molecule has 0 aliphatic carbocycles. The monoisotopic (exact) mass is 362 g/mol. The third kappa shape index (κ3) is 3.37. The van der Waals surface area contributed by atoms with Crippen LogP contribution in [0.5, 0.6) is 0 Å². The second kappa shape index (κ2) is 6.70. The third-order valence-corrected chi connectivity index (χ3v) is 6.30. The molecule has 2 aromatic rings. The van der Waals surface area contributed by atoms with Crippen LogP contribution in [-0.2, 0) is 14.8 Å². The van der Waals surface area contributed by atoms with E-state index in [1.807, 2.05) is 19.1 Å². The molecule has 1 aliphatic heterocycles. The van der Waals surface area contributed by atoms with Crippen LogP contribution in [0, 0.1) is 6.92 Å². The van der Waals surface area contributed by atoms with E-state index in [1.165, 1.54) is 4.31 Å². The molecule has 1 atom stereocenters. The highest BCUT2D eigenvalue weighted by atomic mass is 32.2. The lowest BCUT2D eigenvalue weighted by Gasteiger charge is -2.34. The van der Waals surface area contributed by atoms with E-state index >= 15 is 0 Å². The number of aromatic nitrogens is 1. The van der Waals surface area contributed by atoms with Crippen molar-refractivity contribution in [3.63, 3.8) is 0 Å². The Kier molecular flexibility index (Phi) is 4.77. The highest BCUT2D eigenvalue weighted by Crippen LogP contribution is 2.25. The Labute approximate surface area is 147 Å². The van der Waals surface area contributed by atoms with Gasteiger partial charge in [-0.25, -0.2) is 8.42 Å². The molecule has 1 aromatic carbocycles. The van der Waals surface area contributed by atoms with E-state index in [9.17, 15) is 13.2 Å². The zero-order chi connectivity index (χ0) is 18.2. The Morgan fingerprint density at radius 2 is 1.92 bits per heavy atom. The van der Waals surface area contributed by atoms with Crippen molar-refractivity contribution in [2.45, 2.75) is 24.8 Å². The molecule has 1 aliphatic rings. The first kappa shape index (κ1) is 17.8. The van der Waals surface area contributed by atoms with Crippen LogP contribution in [0.15, 0.2) is 35.4 Å². The average molecular weight is 362 g/mol. The molecule has 0 radical (unpaired) electrons. The van der Waals surface area contributed by atoms with Gasteiger partial charge in [0.25, 0.3) is 0 Å². The lowest BCUT2D eigenvalue weighted by molar-refractivity contribution is -0.133. The number of amides is 1. The van der Waals surface area contributed by atoms with Gasteiger partial charge in [-0.05, 0) is 31.5 Å². The predicted octanol–water partition coefficient (Wildman–Crippen LogP) is 0.723. The van der Waals surface area contributed by atoms with E-state index in [0.29, 0.717) is 18.6 Å². The Morgan fingerprint density at radius 3 is 2.56 bits per heavy atom. The molecule has 7 nitrogen and oxygen atoms in total. The molecule has 3 rings (SSSR count). The summed E-state index contributed by atoms with van der Waals surface area (Å²) < 4.78 is 27.5. The number of nitrogens with zero attached hydrogens (tertiary/aromatic N) is 3. The molecule has 1 unspecified atom stereocenters. The number of carbonyl (C=O) groups is 1. The smallest absolute Gasteiger partial charge is 0.245 e. The molecule has 134 valence electrons. The number of benzene rings is 1. The first-order valence-corrected chi connectivity index (χ1v) is 9.64. The molecule has 1 aromatic heterocycles. The average Bonchev–Trinajstić information content (AvgIpc) is 2.60. The van der Waals surface area contributed by atoms with Crippen molar-refractivity contribution in [2.24, 2.45) is 5.73 Å². The molecule has 8 heteroatoms. The number of sulfonamides is 1.